The summed E-state index contributed by atoms with van der Waals surface area (Å²) in [6.07, 6.45) is 90.4. The van der Waals surface area contributed by atoms with Gasteiger partial charge in [-0.3, -0.25) is 9.59 Å². The van der Waals surface area contributed by atoms with Crippen LogP contribution in [-0.2, 0) is 33.3 Å². The van der Waals surface area contributed by atoms with Crippen molar-refractivity contribution in [3.63, 3.8) is 0 Å². The van der Waals surface area contributed by atoms with Gasteiger partial charge in [-0.1, -0.05) is 350 Å². The van der Waals surface area contributed by atoms with Crippen molar-refractivity contribution in [3.8, 4) is 0 Å². The number of carboxylic acid groups (broad SMARTS) is 1. The average molecular weight is 1240 g/mol. The standard InChI is InChI=1S/C79H143NO8/c1-6-8-10-12-14-16-18-20-22-24-26-28-30-32-33-34-35-36-37-38-39-40-41-42-43-44-45-46-48-50-52-54-56-58-60-62-64-66-68-70-77(82)88-75(74-87-79(78(83)84)85-72-71-80(3,4)5)73-86-76(81)69-67-65-63-61-59-57-55-53-51-49-47-31-29-27-25-23-21-19-17-15-13-11-9-7-2/h8,10,14,16,20,22,26,28,32-33,35-36,75,79H,6-7,9,11-13,15,17-19,21,23-25,27,29-31,34,37-74H2,1-5H3/p+1/b10-8-,16-14-,22-20-,28-26-,33-32-,36-35-. The molecule has 0 fully saturated rings. The molecule has 2 unspecified atom stereocenters. The second kappa shape index (κ2) is 69.6. The highest BCUT2D eigenvalue weighted by Crippen LogP contribution is 2.19. The Kier molecular flexibility index (Phi) is 67.0. The van der Waals surface area contributed by atoms with Crippen LogP contribution in [0.15, 0.2) is 72.9 Å². The molecule has 0 saturated carbocycles. The van der Waals surface area contributed by atoms with E-state index in [4.69, 9.17) is 18.9 Å². The summed E-state index contributed by atoms with van der Waals surface area (Å²) in [7, 11) is 5.99. The molecular weight excluding hydrogens is 1090 g/mol. The number of rotatable bonds is 70. The maximum absolute atomic E-state index is 13.0. The first kappa shape index (κ1) is 84.7. The third-order valence-electron chi connectivity index (χ3n) is 16.7. The monoisotopic (exact) mass is 1240 g/mol. The van der Waals surface area contributed by atoms with Crippen molar-refractivity contribution in [2.45, 2.75) is 367 Å². The maximum Gasteiger partial charge on any atom is 0.361 e. The molecule has 2 atom stereocenters. The third-order valence-corrected chi connectivity index (χ3v) is 16.7. The lowest BCUT2D eigenvalue weighted by atomic mass is 10.0. The van der Waals surface area contributed by atoms with Gasteiger partial charge in [-0.05, 0) is 64.2 Å². The Labute approximate surface area is 545 Å². The quantitative estimate of drug-likeness (QED) is 0.0211. The summed E-state index contributed by atoms with van der Waals surface area (Å²) in [6, 6.07) is 0. The predicted octanol–water partition coefficient (Wildman–Crippen LogP) is 23.6. The number of aliphatic carboxylic acids is 1. The summed E-state index contributed by atoms with van der Waals surface area (Å²) in [5.74, 6) is -1.98. The molecule has 0 rings (SSSR count). The van der Waals surface area contributed by atoms with E-state index >= 15 is 0 Å². The Hall–Kier alpha value is -3.27. The highest BCUT2D eigenvalue weighted by Gasteiger charge is 2.25. The van der Waals surface area contributed by atoms with Gasteiger partial charge >= 0.3 is 17.9 Å². The van der Waals surface area contributed by atoms with Crippen LogP contribution in [0.4, 0.5) is 0 Å². The number of ether oxygens (including phenoxy) is 4. The molecule has 88 heavy (non-hydrogen) atoms. The minimum Gasteiger partial charge on any atom is -0.477 e. The van der Waals surface area contributed by atoms with E-state index in [0.29, 0.717) is 17.4 Å². The SMILES string of the molecule is CC/C=C\C/C=C\C/C=C\C/C=C\C/C=C\C/C=C\CCCCCCCCCCCCCCCCCCCCCCC(=O)OC(COC(=O)CCCCCCCCCCCCCCCCCCCCCCCCCC)COC(OCC[N+](C)(C)C)C(=O)O. The Morgan fingerprint density at radius 2 is 0.648 bits per heavy atom. The lowest BCUT2D eigenvalue weighted by Gasteiger charge is -2.25. The molecule has 0 aliphatic rings. The summed E-state index contributed by atoms with van der Waals surface area (Å²) in [5, 5.41) is 9.76. The van der Waals surface area contributed by atoms with Crippen LogP contribution >= 0.6 is 0 Å². The Balaban J connectivity index is 4.00. The van der Waals surface area contributed by atoms with Gasteiger partial charge in [0, 0.05) is 12.8 Å². The van der Waals surface area contributed by atoms with Crippen LogP contribution in [0.1, 0.15) is 354 Å². The Bertz CT molecular complexity index is 1680. The molecule has 0 radical (unpaired) electrons. The second-order valence-electron chi connectivity index (χ2n) is 26.6. The van der Waals surface area contributed by atoms with Gasteiger partial charge in [0.15, 0.2) is 6.10 Å². The molecule has 0 heterocycles. The number of allylic oxidation sites excluding steroid dienone is 12. The maximum atomic E-state index is 13.0. The highest BCUT2D eigenvalue weighted by atomic mass is 16.7. The van der Waals surface area contributed by atoms with Crippen molar-refractivity contribution in [3.05, 3.63) is 72.9 Å². The number of hydrogen-bond donors (Lipinski definition) is 1. The number of carbonyl (C=O) groups excluding carboxylic acids is 2. The molecule has 512 valence electrons. The van der Waals surface area contributed by atoms with Crippen molar-refractivity contribution in [1.29, 1.82) is 0 Å². The molecule has 0 aliphatic carbocycles. The average Bonchev–Trinajstić information content (AvgIpc) is 3.52. The van der Waals surface area contributed by atoms with Crippen LogP contribution in [-0.4, -0.2) is 87.4 Å². The van der Waals surface area contributed by atoms with Gasteiger partial charge in [0.05, 0.1) is 34.4 Å². The van der Waals surface area contributed by atoms with Crippen molar-refractivity contribution in [1.82, 2.24) is 0 Å². The van der Waals surface area contributed by atoms with E-state index in [0.717, 1.165) is 77.0 Å². The van der Waals surface area contributed by atoms with E-state index < -0.39 is 18.4 Å². The predicted molar refractivity (Wildman–Crippen MR) is 378 cm³/mol. The molecule has 0 aromatic heterocycles. The summed E-state index contributed by atoms with van der Waals surface area (Å²) in [4.78, 5) is 37.7. The molecule has 0 aromatic carbocycles. The number of quaternary nitrogens is 1. The van der Waals surface area contributed by atoms with Crippen LogP contribution in [0.5, 0.6) is 0 Å². The Morgan fingerprint density at radius 3 is 0.966 bits per heavy atom. The van der Waals surface area contributed by atoms with Crippen molar-refractivity contribution >= 4 is 17.9 Å². The van der Waals surface area contributed by atoms with Gasteiger partial charge in [-0.25, -0.2) is 4.79 Å². The van der Waals surface area contributed by atoms with Gasteiger partial charge in [-0.2, -0.15) is 0 Å². The molecule has 0 aliphatic heterocycles. The minimum atomic E-state index is -1.51. The van der Waals surface area contributed by atoms with Gasteiger partial charge in [-0.15, -0.1) is 0 Å². The van der Waals surface area contributed by atoms with Crippen LogP contribution in [0.25, 0.3) is 0 Å². The number of esters is 2. The number of unbranched alkanes of at least 4 members (excludes halogenated alkanes) is 43. The number of carboxylic acids is 1. The zero-order valence-electron chi connectivity index (χ0n) is 58.6. The van der Waals surface area contributed by atoms with Crippen LogP contribution < -0.4 is 0 Å². The van der Waals surface area contributed by atoms with Crippen LogP contribution in [0.2, 0.25) is 0 Å². The van der Waals surface area contributed by atoms with Gasteiger partial charge in [0.1, 0.15) is 13.2 Å². The lowest BCUT2D eigenvalue weighted by Crippen LogP contribution is -2.40. The van der Waals surface area contributed by atoms with Gasteiger partial charge in [0.2, 0.25) is 0 Å². The number of likely N-dealkylation sites (N-methyl/N-ethyl adjacent to an activating group) is 1. The molecule has 0 bridgehead atoms. The normalized spacial score (nSPS) is 13.1. The fourth-order valence-corrected chi connectivity index (χ4v) is 11.0. The molecule has 0 spiro atoms. The smallest absolute Gasteiger partial charge is 0.361 e. The first-order chi connectivity index (χ1) is 43.1. The number of hydrogen-bond acceptors (Lipinski definition) is 7. The minimum absolute atomic E-state index is 0.177. The fourth-order valence-electron chi connectivity index (χ4n) is 11.0. The summed E-state index contributed by atoms with van der Waals surface area (Å²) >= 11 is 0. The molecule has 9 heteroatoms. The molecule has 0 amide bonds. The highest BCUT2D eigenvalue weighted by molar-refractivity contribution is 5.71. The van der Waals surface area contributed by atoms with E-state index in [1.165, 1.54) is 250 Å². The lowest BCUT2D eigenvalue weighted by molar-refractivity contribution is -0.870. The van der Waals surface area contributed by atoms with Crippen LogP contribution in [0, 0.1) is 0 Å². The molecule has 9 nitrogen and oxygen atoms in total. The van der Waals surface area contributed by atoms with Gasteiger partial charge in [0.25, 0.3) is 6.29 Å². The molecular formula is C79H144NO8+. The van der Waals surface area contributed by atoms with Crippen molar-refractivity contribution in [2.24, 2.45) is 0 Å². The van der Waals surface area contributed by atoms with E-state index in [1.54, 1.807) is 0 Å². The van der Waals surface area contributed by atoms with E-state index in [2.05, 4.69) is 86.8 Å². The summed E-state index contributed by atoms with van der Waals surface area (Å²) in [5.41, 5.74) is 0. The zero-order valence-corrected chi connectivity index (χ0v) is 58.6. The summed E-state index contributed by atoms with van der Waals surface area (Å²) in [6.45, 7) is 4.83. The van der Waals surface area contributed by atoms with Crippen molar-refractivity contribution in [2.75, 3.05) is 47.5 Å². The number of nitrogens with zero attached hydrogens (tertiary/aromatic N) is 1. The summed E-state index contributed by atoms with van der Waals surface area (Å²) < 4.78 is 23.0. The Morgan fingerprint density at radius 1 is 0.352 bits per heavy atom. The molecule has 0 saturated heterocycles. The first-order valence-corrected chi connectivity index (χ1v) is 37.6. The molecule has 0 aromatic rings. The number of carbonyl (C=O) groups is 3. The van der Waals surface area contributed by atoms with Gasteiger partial charge < -0.3 is 28.5 Å². The van der Waals surface area contributed by atoms with Crippen LogP contribution in [0.3, 0.4) is 0 Å². The van der Waals surface area contributed by atoms with E-state index in [1.807, 2.05) is 21.1 Å². The largest absolute Gasteiger partial charge is 0.477 e. The van der Waals surface area contributed by atoms with E-state index in [9.17, 15) is 19.5 Å². The first-order valence-electron chi connectivity index (χ1n) is 37.6. The zero-order chi connectivity index (χ0) is 64.0. The third kappa shape index (κ3) is 70.2. The fraction of sp³-hybridized carbons (Fsp3) is 0.810. The topological polar surface area (TPSA) is 108 Å². The second-order valence-corrected chi connectivity index (χ2v) is 26.6. The molecule has 1 N–H and O–H groups in total. The van der Waals surface area contributed by atoms with Crippen molar-refractivity contribution < 1.29 is 42.9 Å². The van der Waals surface area contributed by atoms with E-state index in [-0.39, 0.29) is 38.2 Å².